The van der Waals surface area contributed by atoms with Crippen LogP contribution < -0.4 is 5.32 Å². The number of alkyl halides is 1. The number of nitrogens with one attached hydrogen (secondary N) is 1. The van der Waals surface area contributed by atoms with E-state index in [4.69, 9.17) is 0 Å². The molecule has 1 aromatic heterocycles. The van der Waals surface area contributed by atoms with Gasteiger partial charge < -0.3 is 5.32 Å². The first-order chi connectivity index (χ1) is 7.75. The van der Waals surface area contributed by atoms with E-state index < -0.39 is 0 Å². The molecule has 1 aliphatic carbocycles. The van der Waals surface area contributed by atoms with Gasteiger partial charge in [0, 0.05) is 23.8 Å². The lowest BCUT2D eigenvalue weighted by Crippen LogP contribution is -2.28. The maximum Gasteiger partial charge on any atom is 0.252 e. The molecule has 0 aromatic carbocycles. The predicted octanol–water partition coefficient (Wildman–Crippen LogP) is 2.38. The molecule has 86 valence electrons. The van der Waals surface area contributed by atoms with Crippen molar-refractivity contribution in [3.05, 3.63) is 30.1 Å². The number of carbonyl (C=O) groups excluding carboxylic acids is 1. The molecule has 1 heterocycles. The summed E-state index contributed by atoms with van der Waals surface area (Å²) in [6.45, 7) is 0.774. The topological polar surface area (TPSA) is 42.0 Å². The number of rotatable bonds is 3. The van der Waals surface area contributed by atoms with Gasteiger partial charge in [0.2, 0.25) is 0 Å². The fraction of sp³-hybridized carbons (Fsp3) is 0.500. The second-order valence-electron chi connectivity index (χ2n) is 4.23. The van der Waals surface area contributed by atoms with Crippen LogP contribution in [-0.4, -0.2) is 22.3 Å². The molecule has 4 heteroatoms. The summed E-state index contributed by atoms with van der Waals surface area (Å²) in [7, 11) is 0. The second kappa shape index (κ2) is 5.43. The smallest absolute Gasteiger partial charge is 0.252 e. The van der Waals surface area contributed by atoms with Crippen molar-refractivity contribution in [3.63, 3.8) is 0 Å². The monoisotopic (exact) mass is 282 g/mol. The van der Waals surface area contributed by atoms with Gasteiger partial charge in [-0.3, -0.25) is 9.78 Å². The molecule has 0 radical (unpaired) electrons. The number of hydrogen-bond donors (Lipinski definition) is 1. The van der Waals surface area contributed by atoms with E-state index in [0.29, 0.717) is 16.3 Å². The van der Waals surface area contributed by atoms with Crippen LogP contribution in [0.25, 0.3) is 0 Å². The summed E-state index contributed by atoms with van der Waals surface area (Å²) in [5, 5.41) is 2.96. The van der Waals surface area contributed by atoms with Crippen molar-refractivity contribution in [1.82, 2.24) is 10.3 Å². The molecular weight excluding hydrogens is 268 g/mol. The van der Waals surface area contributed by atoms with E-state index >= 15 is 0 Å². The van der Waals surface area contributed by atoms with Crippen molar-refractivity contribution in [3.8, 4) is 0 Å². The molecule has 1 aliphatic rings. The third-order valence-corrected chi connectivity index (χ3v) is 3.78. The highest BCUT2D eigenvalue weighted by atomic mass is 79.9. The number of aromatic nitrogens is 1. The van der Waals surface area contributed by atoms with Gasteiger partial charge in [0.25, 0.3) is 5.91 Å². The van der Waals surface area contributed by atoms with Crippen molar-refractivity contribution in [2.24, 2.45) is 5.92 Å². The summed E-state index contributed by atoms with van der Waals surface area (Å²) in [5.41, 5.74) is 0.635. The van der Waals surface area contributed by atoms with Crippen molar-refractivity contribution in [2.45, 2.75) is 24.1 Å². The van der Waals surface area contributed by atoms with Gasteiger partial charge in [0.15, 0.2) is 0 Å². The number of hydrogen-bond acceptors (Lipinski definition) is 2. The molecule has 1 fully saturated rings. The minimum Gasteiger partial charge on any atom is -0.352 e. The molecule has 0 saturated heterocycles. The molecule has 16 heavy (non-hydrogen) atoms. The fourth-order valence-electron chi connectivity index (χ4n) is 2.04. The minimum atomic E-state index is -0.0221. The highest BCUT2D eigenvalue weighted by Gasteiger charge is 2.22. The number of halogens is 1. The van der Waals surface area contributed by atoms with E-state index in [1.54, 1.807) is 24.5 Å². The van der Waals surface area contributed by atoms with Gasteiger partial charge in [-0.2, -0.15) is 0 Å². The van der Waals surface area contributed by atoms with Gasteiger partial charge in [-0.25, -0.2) is 0 Å². The normalized spacial score (nSPS) is 24.3. The first-order valence-electron chi connectivity index (χ1n) is 5.58. The van der Waals surface area contributed by atoms with E-state index in [1.807, 2.05) is 0 Å². The van der Waals surface area contributed by atoms with E-state index in [1.165, 1.54) is 12.8 Å². The molecule has 1 N–H and O–H groups in total. The van der Waals surface area contributed by atoms with Crippen LogP contribution in [0.2, 0.25) is 0 Å². The molecule has 1 aromatic rings. The van der Waals surface area contributed by atoms with Gasteiger partial charge in [-0.05, 0) is 37.3 Å². The van der Waals surface area contributed by atoms with E-state index in [2.05, 4.69) is 26.2 Å². The van der Waals surface area contributed by atoms with Gasteiger partial charge in [0.1, 0.15) is 0 Å². The summed E-state index contributed by atoms with van der Waals surface area (Å²) < 4.78 is 0. The molecule has 2 atom stereocenters. The van der Waals surface area contributed by atoms with Crippen molar-refractivity contribution in [1.29, 1.82) is 0 Å². The zero-order valence-corrected chi connectivity index (χ0v) is 10.6. The SMILES string of the molecule is O=C(NCC1CCC(Br)C1)c1cccnc1. The molecule has 2 rings (SSSR count). The summed E-state index contributed by atoms with van der Waals surface area (Å²) in [4.78, 5) is 16.3. The van der Waals surface area contributed by atoms with E-state index in [-0.39, 0.29) is 5.91 Å². The quantitative estimate of drug-likeness (QED) is 0.865. The van der Waals surface area contributed by atoms with Crippen molar-refractivity contribution in [2.75, 3.05) is 6.54 Å². The van der Waals surface area contributed by atoms with E-state index in [0.717, 1.165) is 13.0 Å². The first-order valence-corrected chi connectivity index (χ1v) is 6.49. The summed E-state index contributed by atoms with van der Waals surface area (Å²) in [5.74, 6) is 0.594. The third kappa shape index (κ3) is 3.04. The standard InChI is InChI=1S/C12H15BrN2O/c13-11-4-3-9(6-11)7-15-12(16)10-2-1-5-14-8-10/h1-2,5,8-9,11H,3-4,6-7H2,(H,15,16). The Morgan fingerprint density at radius 2 is 2.44 bits per heavy atom. The van der Waals surface area contributed by atoms with Crippen LogP contribution in [0, 0.1) is 5.92 Å². The Labute approximate surface area is 104 Å². The average Bonchev–Trinajstić information content (AvgIpc) is 2.73. The largest absolute Gasteiger partial charge is 0.352 e. The van der Waals surface area contributed by atoms with Crippen LogP contribution in [0.15, 0.2) is 24.5 Å². The number of carbonyl (C=O) groups is 1. The summed E-state index contributed by atoms with van der Waals surface area (Å²) in [6, 6.07) is 3.56. The minimum absolute atomic E-state index is 0.0221. The van der Waals surface area contributed by atoms with Gasteiger partial charge in [0.05, 0.1) is 5.56 Å². The predicted molar refractivity (Wildman–Crippen MR) is 66.6 cm³/mol. The summed E-state index contributed by atoms with van der Waals surface area (Å²) in [6.07, 6.45) is 6.84. The third-order valence-electron chi connectivity index (χ3n) is 2.95. The van der Waals surface area contributed by atoms with Crippen LogP contribution in [0.3, 0.4) is 0 Å². The maximum atomic E-state index is 11.7. The molecule has 1 saturated carbocycles. The number of pyridine rings is 1. The Hall–Kier alpha value is -0.900. The average molecular weight is 283 g/mol. The maximum absolute atomic E-state index is 11.7. The molecule has 3 nitrogen and oxygen atoms in total. The van der Waals surface area contributed by atoms with Crippen LogP contribution in [0.1, 0.15) is 29.6 Å². The second-order valence-corrected chi connectivity index (χ2v) is 5.52. The van der Waals surface area contributed by atoms with Gasteiger partial charge in [-0.15, -0.1) is 0 Å². The molecular formula is C12H15BrN2O. The Morgan fingerprint density at radius 3 is 3.06 bits per heavy atom. The number of nitrogens with zero attached hydrogens (tertiary/aromatic N) is 1. The zero-order valence-electron chi connectivity index (χ0n) is 9.03. The first kappa shape index (κ1) is 11.6. The Balaban J connectivity index is 1.80. The van der Waals surface area contributed by atoms with Gasteiger partial charge in [-0.1, -0.05) is 15.9 Å². The highest BCUT2D eigenvalue weighted by Crippen LogP contribution is 2.29. The zero-order chi connectivity index (χ0) is 11.4. The molecule has 0 spiro atoms. The molecule has 0 aliphatic heterocycles. The molecule has 1 amide bonds. The van der Waals surface area contributed by atoms with Crippen molar-refractivity contribution >= 4 is 21.8 Å². The van der Waals surface area contributed by atoms with Crippen LogP contribution in [-0.2, 0) is 0 Å². The highest BCUT2D eigenvalue weighted by molar-refractivity contribution is 9.09. The van der Waals surface area contributed by atoms with Crippen LogP contribution >= 0.6 is 15.9 Å². The van der Waals surface area contributed by atoms with Crippen LogP contribution in [0.4, 0.5) is 0 Å². The van der Waals surface area contributed by atoms with Crippen LogP contribution in [0.5, 0.6) is 0 Å². The lowest BCUT2D eigenvalue weighted by Gasteiger charge is -2.10. The lowest BCUT2D eigenvalue weighted by molar-refractivity contribution is 0.0947. The van der Waals surface area contributed by atoms with Gasteiger partial charge >= 0.3 is 0 Å². The lowest BCUT2D eigenvalue weighted by atomic mass is 10.1. The molecule has 2 unspecified atom stereocenters. The Bertz CT molecular complexity index is 355. The molecule has 0 bridgehead atoms. The fourth-order valence-corrected chi connectivity index (χ4v) is 2.83. The summed E-state index contributed by atoms with van der Waals surface area (Å²) >= 11 is 3.61. The Kier molecular flexibility index (Phi) is 3.93. The number of amides is 1. The van der Waals surface area contributed by atoms with E-state index in [9.17, 15) is 4.79 Å². The van der Waals surface area contributed by atoms with Crippen molar-refractivity contribution < 1.29 is 4.79 Å². The Morgan fingerprint density at radius 1 is 1.56 bits per heavy atom.